The van der Waals surface area contributed by atoms with Crippen molar-refractivity contribution in [3.63, 3.8) is 0 Å². The Morgan fingerprint density at radius 1 is 1.00 bits per heavy atom. The van der Waals surface area contributed by atoms with Crippen LogP contribution in [0.4, 0.5) is 0 Å². The minimum absolute atomic E-state index is 0.224. The lowest BCUT2D eigenvalue weighted by atomic mass is 9.45. The summed E-state index contributed by atoms with van der Waals surface area (Å²) in [7, 11) is 0. The van der Waals surface area contributed by atoms with Crippen LogP contribution in [0.3, 0.4) is 0 Å². The summed E-state index contributed by atoms with van der Waals surface area (Å²) in [6.07, 6.45) is 19.4. The van der Waals surface area contributed by atoms with Gasteiger partial charge in [-0.1, -0.05) is 51.5 Å². The molecule has 0 unspecified atom stereocenters. The minimum atomic E-state index is -0.224. The van der Waals surface area contributed by atoms with E-state index in [-0.39, 0.29) is 5.79 Å². The zero-order chi connectivity index (χ0) is 21.9. The summed E-state index contributed by atoms with van der Waals surface area (Å²) in [6, 6.07) is 0. The molecule has 0 aromatic heterocycles. The van der Waals surface area contributed by atoms with Crippen LogP contribution >= 0.6 is 0 Å². The molecule has 5 aliphatic rings. The van der Waals surface area contributed by atoms with Gasteiger partial charge in [0.25, 0.3) is 0 Å². The van der Waals surface area contributed by atoms with Gasteiger partial charge in [-0.15, -0.1) is 0 Å². The van der Waals surface area contributed by atoms with E-state index in [4.69, 9.17) is 9.47 Å². The summed E-state index contributed by atoms with van der Waals surface area (Å²) in [6.45, 7) is 13.8. The van der Waals surface area contributed by atoms with E-state index in [2.05, 4.69) is 52.8 Å². The molecule has 4 saturated carbocycles. The highest BCUT2D eigenvalue weighted by Crippen LogP contribution is 2.69. The quantitative estimate of drug-likeness (QED) is 0.434. The van der Waals surface area contributed by atoms with Crippen LogP contribution < -0.4 is 0 Å². The molecule has 1 spiro atoms. The average molecular weight is 427 g/mol. The fraction of sp³-hybridized carbons (Fsp3) is 0.862. The van der Waals surface area contributed by atoms with Gasteiger partial charge in [0.1, 0.15) is 0 Å². The van der Waals surface area contributed by atoms with Crippen LogP contribution in [-0.4, -0.2) is 19.0 Å². The summed E-state index contributed by atoms with van der Waals surface area (Å²) >= 11 is 0. The van der Waals surface area contributed by atoms with Gasteiger partial charge in [0.15, 0.2) is 5.79 Å². The SMILES string of the molecule is C/C=C1/[C@H](/C=C/CC(C)C)C[C@H]2[C@@H]3CC[C@@H]4CC5(CC[C@]4(C)[C@H]3CC[C@]12C)OCCO5. The molecule has 0 radical (unpaired) electrons. The summed E-state index contributed by atoms with van der Waals surface area (Å²) in [5, 5.41) is 0. The van der Waals surface area contributed by atoms with Crippen LogP contribution in [0.5, 0.6) is 0 Å². The van der Waals surface area contributed by atoms with Crippen molar-refractivity contribution in [1.82, 2.24) is 0 Å². The second kappa shape index (κ2) is 8.01. The lowest BCUT2D eigenvalue weighted by molar-refractivity contribution is -0.228. The fourth-order valence-corrected chi connectivity index (χ4v) is 9.13. The van der Waals surface area contributed by atoms with Crippen molar-refractivity contribution in [3.05, 3.63) is 23.8 Å². The smallest absolute Gasteiger partial charge is 0.168 e. The van der Waals surface area contributed by atoms with E-state index in [1.807, 2.05) is 0 Å². The number of hydrogen-bond acceptors (Lipinski definition) is 2. The third-order valence-electron chi connectivity index (χ3n) is 10.7. The first-order chi connectivity index (χ1) is 14.8. The van der Waals surface area contributed by atoms with E-state index in [0.717, 1.165) is 55.6 Å². The molecule has 7 atom stereocenters. The van der Waals surface area contributed by atoms with Gasteiger partial charge in [0.05, 0.1) is 13.2 Å². The molecule has 0 N–H and O–H groups in total. The third-order valence-corrected chi connectivity index (χ3v) is 10.7. The van der Waals surface area contributed by atoms with E-state index in [1.54, 1.807) is 5.57 Å². The second-order valence-electron chi connectivity index (χ2n) is 12.6. The van der Waals surface area contributed by atoms with Crippen LogP contribution in [0, 0.1) is 46.3 Å². The Labute approximate surface area is 191 Å². The van der Waals surface area contributed by atoms with E-state index in [9.17, 15) is 0 Å². The minimum Gasteiger partial charge on any atom is -0.348 e. The van der Waals surface area contributed by atoms with Crippen molar-refractivity contribution >= 4 is 0 Å². The van der Waals surface area contributed by atoms with Crippen molar-refractivity contribution in [2.45, 2.75) is 98.2 Å². The number of allylic oxidation sites excluding steroid dienone is 4. The summed E-state index contributed by atoms with van der Waals surface area (Å²) < 4.78 is 12.3. The molecule has 1 saturated heterocycles. The number of fused-ring (bicyclic) bond motifs is 5. The van der Waals surface area contributed by atoms with Crippen LogP contribution in [0.1, 0.15) is 92.4 Å². The largest absolute Gasteiger partial charge is 0.348 e. The van der Waals surface area contributed by atoms with Crippen molar-refractivity contribution in [3.8, 4) is 0 Å². The lowest BCUT2D eigenvalue weighted by Gasteiger charge is -2.61. The summed E-state index contributed by atoms with van der Waals surface area (Å²) in [5.74, 6) is 4.69. The highest BCUT2D eigenvalue weighted by molar-refractivity contribution is 5.30. The molecular formula is C29H46O2. The zero-order valence-corrected chi connectivity index (χ0v) is 20.8. The first kappa shape index (κ1) is 22.2. The third kappa shape index (κ3) is 3.50. The Morgan fingerprint density at radius 2 is 1.77 bits per heavy atom. The molecule has 2 heteroatoms. The van der Waals surface area contributed by atoms with Gasteiger partial charge < -0.3 is 9.47 Å². The van der Waals surface area contributed by atoms with Gasteiger partial charge in [-0.3, -0.25) is 0 Å². The Kier molecular flexibility index (Phi) is 5.74. The van der Waals surface area contributed by atoms with Crippen LogP contribution in [0.15, 0.2) is 23.8 Å². The lowest BCUT2D eigenvalue weighted by Crippen LogP contribution is -2.55. The maximum Gasteiger partial charge on any atom is 0.168 e. The molecule has 174 valence electrons. The predicted molar refractivity (Wildman–Crippen MR) is 128 cm³/mol. The van der Waals surface area contributed by atoms with E-state index >= 15 is 0 Å². The number of hydrogen-bond donors (Lipinski definition) is 0. The molecule has 0 aromatic rings. The molecule has 5 fully saturated rings. The Morgan fingerprint density at radius 3 is 2.48 bits per heavy atom. The molecule has 4 aliphatic carbocycles. The van der Waals surface area contributed by atoms with Crippen molar-refractivity contribution in [2.24, 2.45) is 46.3 Å². The molecule has 0 bridgehead atoms. The van der Waals surface area contributed by atoms with Crippen LogP contribution in [0.2, 0.25) is 0 Å². The van der Waals surface area contributed by atoms with Gasteiger partial charge in [-0.25, -0.2) is 0 Å². The molecule has 5 rings (SSSR count). The van der Waals surface area contributed by atoms with Crippen LogP contribution in [-0.2, 0) is 9.47 Å². The maximum absolute atomic E-state index is 6.16. The highest BCUT2D eigenvalue weighted by atomic mass is 16.7. The van der Waals surface area contributed by atoms with Gasteiger partial charge in [0, 0.05) is 12.8 Å². The summed E-state index contributed by atoms with van der Waals surface area (Å²) in [4.78, 5) is 0. The van der Waals surface area contributed by atoms with Gasteiger partial charge in [-0.2, -0.15) is 0 Å². The molecular weight excluding hydrogens is 380 g/mol. The topological polar surface area (TPSA) is 18.5 Å². The zero-order valence-electron chi connectivity index (χ0n) is 20.8. The Hall–Kier alpha value is -0.600. The van der Waals surface area contributed by atoms with Crippen LogP contribution in [0.25, 0.3) is 0 Å². The molecule has 0 aromatic carbocycles. The Bertz CT molecular complexity index is 729. The maximum atomic E-state index is 6.16. The van der Waals surface area contributed by atoms with Crippen molar-refractivity contribution in [1.29, 1.82) is 0 Å². The molecule has 31 heavy (non-hydrogen) atoms. The molecule has 2 nitrogen and oxygen atoms in total. The van der Waals surface area contributed by atoms with E-state index < -0.39 is 0 Å². The van der Waals surface area contributed by atoms with E-state index in [0.29, 0.717) is 16.7 Å². The first-order valence-electron chi connectivity index (χ1n) is 13.4. The second-order valence-corrected chi connectivity index (χ2v) is 12.6. The number of rotatable bonds is 3. The van der Waals surface area contributed by atoms with Gasteiger partial charge >= 0.3 is 0 Å². The average Bonchev–Trinajstić information content (AvgIpc) is 3.30. The Balaban J connectivity index is 1.37. The monoisotopic (exact) mass is 426 g/mol. The normalized spacial score (nSPS) is 47.8. The molecule has 0 amide bonds. The van der Waals surface area contributed by atoms with Crippen molar-refractivity contribution < 1.29 is 9.47 Å². The van der Waals surface area contributed by atoms with Gasteiger partial charge in [-0.05, 0) is 98.2 Å². The summed E-state index contributed by atoms with van der Waals surface area (Å²) in [5.41, 5.74) is 2.69. The fourth-order valence-electron chi connectivity index (χ4n) is 9.13. The standard InChI is InChI=1S/C29H46O2/c1-6-24-21(9-7-8-20(2)3)18-26-23-11-10-22-19-29(30-16-17-31-29)15-14-27(22,4)25(23)12-13-28(24,26)5/h6-7,9,20-23,25-26H,8,10-19H2,1-5H3/b9-7+,24-6-/t21-,22-,23-,25+,26+,27+,28-/m1/s1. The molecule has 1 heterocycles. The molecule has 1 aliphatic heterocycles. The predicted octanol–water partition coefficient (Wildman–Crippen LogP) is 7.55. The van der Waals surface area contributed by atoms with E-state index in [1.165, 1.54) is 44.9 Å². The highest BCUT2D eigenvalue weighted by Gasteiger charge is 2.62. The van der Waals surface area contributed by atoms with Crippen molar-refractivity contribution in [2.75, 3.05) is 13.2 Å². The number of ether oxygens (including phenoxy) is 2. The van der Waals surface area contributed by atoms with Gasteiger partial charge in [0.2, 0.25) is 0 Å². The first-order valence-corrected chi connectivity index (χ1v) is 13.4.